The maximum Gasteiger partial charge on any atom is 0.224 e. The molecule has 4 nitrogen and oxygen atoms in total. The van der Waals surface area contributed by atoms with Gasteiger partial charge < -0.3 is 10.2 Å². The van der Waals surface area contributed by atoms with Crippen LogP contribution in [0.1, 0.15) is 24.8 Å². The number of carbonyl (C=O) groups excluding carboxylic acids is 1. The van der Waals surface area contributed by atoms with Crippen molar-refractivity contribution in [1.29, 1.82) is 0 Å². The predicted molar refractivity (Wildman–Crippen MR) is 114 cm³/mol. The fourth-order valence-electron chi connectivity index (χ4n) is 4.57. The van der Waals surface area contributed by atoms with E-state index in [9.17, 15) is 9.18 Å². The van der Waals surface area contributed by atoms with E-state index in [0.29, 0.717) is 12.5 Å². The summed E-state index contributed by atoms with van der Waals surface area (Å²) in [7, 11) is 0. The molecule has 2 aromatic carbocycles. The van der Waals surface area contributed by atoms with E-state index in [1.807, 2.05) is 12.1 Å². The van der Waals surface area contributed by atoms with Gasteiger partial charge in [-0.2, -0.15) is 0 Å². The molecule has 29 heavy (non-hydrogen) atoms. The monoisotopic (exact) mass is 395 g/mol. The Kier molecular flexibility index (Phi) is 6.45. The van der Waals surface area contributed by atoms with Crippen LogP contribution >= 0.6 is 0 Å². The number of amides is 1. The van der Waals surface area contributed by atoms with Crippen LogP contribution in [0.4, 0.5) is 10.1 Å². The van der Waals surface area contributed by atoms with Crippen LogP contribution in [0, 0.1) is 17.7 Å². The van der Waals surface area contributed by atoms with Crippen molar-refractivity contribution in [2.24, 2.45) is 11.8 Å². The Morgan fingerprint density at radius 3 is 2.72 bits per heavy atom. The number of para-hydroxylation sites is 1. The first-order chi connectivity index (χ1) is 14.2. The molecule has 2 aliphatic rings. The van der Waals surface area contributed by atoms with Gasteiger partial charge in [0.1, 0.15) is 5.82 Å². The lowest BCUT2D eigenvalue weighted by molar-refractivity contribution is -0.126. The van der Waals surface area contributed by atoms with E-state index in [2.05, 4.69) is 39.4 Å². The lowest BCUT2D eigenvalue weighted by atomic mass is 9.96. The van der Waals surface area contributed by atoms with Gasteiger partial charge in [0, 0.05) is 38.4 Å². The van der Waals surface area contributed by atoms with E-state index in [4.69, 9.17) is 0 Å². The van der Waals surface area contributed by atoms with Crippen molar-refractivity contribution in [3.63, 3.8) is 0 Å². The summed E-state index contributed by atoms with van der Waals surface area (Å²) in [5.74, 6) is 0.511. The maximum absolute atomic E-state index is 13.4. The van der Waals surface area contributed by atoms with Crippen LogP contribution in [0.5, 0.6) is 0 Å². The van der Waals surface area contributed by atoms with Gasteiger partial charge in [0.05, 0.1) is 5.92 Å². The van der Waals surface area contributed by atoms with E-state index in [1.54, 1.807) is 12.1 Å². The molecular formula is C24H30FN3O. The number of halogens is 1. The SMILES string of the molecule is O=C(NC[C@H]1CCN(c2ccccc2)C1)[C@H]1CCCN(Cc2cccc(F)c2)C1. The van der Waals surface area contributed by atoms with Gasteiger partial charge in [0.25, 0.3) is 0 Å². The van der Waals surface area contributed by atoms with Crippen molar-refractivity contribution in [1.82, 2.24) is 10.2 Å². The zero-order chi connectivity index (χ0) is 20.1. The van der Waals surface area contributed by atoms with E-state index in [0.717, 1.165) is 57.5 Å². The molecule has 0 bridgehead atoms. The highest BCUT2D eigenvalue weighted by atomic mass is 19.1. The number of hydrogen-bond acceptors (Lipinski definition) is 3. The number of anilines is 1. The van der Waals surface area contributed by atoms with Gasteiger partial charge in [-0.25, -0.2) is 4.39 Å². The standard InChI is InChI=1S/C24H30FN3O/c25-22-8-4-6-19(14-22)16-27-12-5-7-21(18-27)24(29)26-15-20-11-13-28(17-20)23-9-2-1-3-10-23/h1-4,6,8-10,14,20-21H,5,7,11-13,15-18H2,(H,26,29)/t20-,21+/m1/s1. The molecule has 0 spiro atoms. The number of carbonyl (C=O) groups is 1. The Morgan fingerprint density at radius 1 is 1.03 bits per heavy atom. The molecule has 1 amide bonds. The third-order valence-corrected chi connectivity index (χ3v) is 6.14. The summed E-state index contributed by atoms with van der Waals surface area (Å²) in [6.45, 7) is 5.23. The van der Waals surface area contributed by atoms with E-state index in [1.165, 1.54) is 11.8 Å². The molecule has 2 aliphatic heterocycles. The van der Waals surface area contributed by atoms with Crippen LogP contribution < -0.4 is 10.2 Å². The Bertz CT molecular complexity index is 813. The van der Waals surface area contributed by atoms with Crippen LogP contribution in [0.25, 0.3) is 0 Å². The van der Waals surface area contributed by atoms with Gasteiger partial charge in [-0.3, -0.25) is 9.69 Å². The fraction of sp³-hybridized carbons (Fsp3) is 0.458. The van der Waals surface area contributed by atoms with E-state index in [-0.39, 0.29) is 17.6 Å². The van der Waals surface area contributed by atoms with Crippen LogP contribution in [0.2, 0.25) is 0 Å². The summed E-state index contributed by atoms with van der Waals surface area (Å²) in [5.41, 5.74) is 2.24. The summed E-state index contributed by atoms with van der Waals surface area (Å²) in [4.78, 5) is 17.4. The minimum absolute atomic E-state index is 0.0314. The minimum Gasteiger partial charge on any atom is -0.371 e. The normalized spacial score (nSPS) is 22.6. The molecule has 2 fully saturated rings. The average Bonchev–Trinajstić information content (AvgIpc) is 3.22. The van der Waals surface area contributed by atoms with Crippen LogP contribution in [-0.2, 0) is 11.3 Å². The minimum atomic E-state index is -0.199. The number of rotatable bonds is 6. The van der Waals surface area contributed by atoms with Gasteiger partial charge in [-0.15, -0.1) is 0 Å². The average molecular weight is 396 g/mol. The fourth-order valence-corrected chi connectivity index (χ4v) is 4.57. The van der Waals surface area contributed by atoms with Crippen molar-refractivity contribution in [2.45, 2.75) is 25.8 Å². The Balaban J connectivity index is 1.23. The van der Waals surface area contributed by atoms with Crippen LogP contribution in [-0.4, -0.2) is 43.5 Å². The second kappa shape index (κ2) is 9.40. The molecule has 4 rings (SSSR count). The summed E-state index contributed by atoms with van der Waals surface area (Å²) in [6, 6.07) is 17.2. The molecule has 0 unspecified atom stereocenters. The van der Waals surface area contributed by atoms with Gasteiger partial charge >= 0.3 is 0 Å². The van der Waals surface area contributed by atoms with Crippen molar-refractivity contribution < 1.29 is 9.18 Å². The molecule has 1 N–H and O–H groups in total. The second-order valence-corrected chi connectivity index (χ2v) is 8.39. The largest absolute Gasteiger partial charge is 0.371 e. The third-order valence-electron chi connectivity index (χ3n) is 6.14. The van der Waals surface area contributed by atoms with Crippen molar-refractivity contribution in [3.8, 4) is 0 Å². The summed E-state index contributed by atoms with van der Waals surface area (Å²) in [5, 5.41) is 3.21. The zero-order valence-electron chi connectivity index (χ0n) is 16.9. The Labute approximate surface area is 172 Å². The molecule has 0 aliphatic carbocycles. The Morgan fingerprint density at radius 2 is 1.90 bits per heavy atom. The van der Waals surface area contributed by atoms with E-state index >= 15 is 0 Å². The van der Waals surface area contributed by atoms with Crippen molar-refractivity contribution >= 4 is 11.6 Å². The number of likely N-dealkylation sites (tertiary alicyclic amines) is 1. The molecule has 2 saturated heterocycles. The first-order valence-corrected chi connectivity index (χ1v) is 10.7. The number of hydrogen-bond donors (Lipinski definition) is 1. The molecule has 5 heteroatoms. The zero-order valence-corrected chi connectivity index (χ0v) is 16.9. The van der Waals surface area contributed by atoms with Gasteiger partial charge in [-0.1, -0.05) is 30.3 Å². The first-order valence-electron chi connectivity index (χ1n) is 10.7. The quantitative estimate of drug-likeness (QED) is 0.811. The number of benzene rings is 2. The molecule has 0 saturated carbocycles. The lowest BCUT2D eigenvalue weighted by Crippen LogP contribution is -2.44. The van der Waals surface area contributed by atoms with Crippen molar-refractivity contribution in [3.05, 3.63) is 66.0 Å². The number of nitrogens with one attached hydrogen (secondary N) is 1. The van der Waals surface area contributed by atoms with Gasteiger partial charge in [-0.05, 0) is 61.6 Å². The first kappa shape index (κ1) is 19.9. The van der Waals surface area contributed by atoms with Gasteiger partial charge in [0.2, 0.25) is 5.91 Å². The predicted octanol–water partition coefficient (Wildman–Crippen LogP) is 3.68. The molecule has 154 valence electrons. The Hall–Kier alpha value is -2.40. The summed E-state index contributed by atoms with van der Waals surface area (Å²) < 4.78 is 13.4. The molecular weight excluding hydrogens is 365 g/mol. The van der Waals surface area contributed by atoms with E-state index < -0.39 is 0 Å². The maximum atomic E-state index is 13.4. The van der Waals surface area contributed by atoms with Crippen molar-refractivity contribution in [2.75, 3.05) is 37.6 Å². The third kappa shape index (κ3) is 5.36. The highest BCUT2D eigenvalue weighted by Crippen LogP contribution is 2.24. The molecule has 2 atom stereocenters. The number of nitrogens with zero attached hydrogens (tertiary/aromatic N) is 2. The highest BCUT2D eigenvalue weighted by Gasteiger charge is 2.28. The summed E-state index contributed by atoms with van der Waals surface area (Å²) >= 11 is 0. The highest BCUT2D eigenvalue weighted by molar-refractivity contribution is 5.79. The van der Waals surface area contributed by atoms with Crippen LogP contribution in [0.15, 0.2) is 54.6 Å². The topological polar surface area (TPSA) is 35.6 Å². The lowest BCUT2D eigenvalue weighted by Gasteiger charge is -2.32. The number of piperidine rings is 1. The second-order valence-electron chi connectivity index (χ2n) is 8.39. The van der Waals surface area contributed by atoms with Gasteiger partial charge in [0.15, 0.2) is 0 Å². The smallest absolute Gasteiger partial charge is 0.224 e. The molecule has 2 aromatic rings. The molecule has 2 heterocycles. The summed E-state index contributed by atoms with van der Waals surface area (Å²) in [6.07, 6.45) is 3.07. The molecule has 0 radical (unpaired) electrons. The molecule has 0 aromatic heterocycles. The van der Waals surface area contributed by atoms with Crippen LogP contribution in [0.3, 0.4) is 0 Å².